The van der Waals surface area contributed by atoms with Gasteiger partial charge in [-0.2, -0.15) is 5.10 Å². The zero-order valence-corrected chi connectivity index (χ0v) is 12.9. The van der Waals surface area contributed by atoms with Gasteiger partial charge in [0.2, 0.25) is 0 Å². The molecule has 0 aliphatic rings. The summed E-state index contributed by atoms with van der Waals surface area (Å²) in [7, 11) is 0. The highest BCUT2D eigenvalue weighted by atomic mass is 79.9. The fraction of sp³-hybridized carbons (Fsp3) is 0.182. The summed E-state index contributed by atoms with van der Waals surface area (Å²) in [5, 5.41) is 9.00. The Morgan fingerprint density at radius 2 is 2.26 bits per heavy atom. The molecule has 1 amide bonds. The van der Waals surface area contributed by atoms with Crippen LogP contribution < -0.4 is 10.1 Å². The van der Waals surface area contributed by atoms with Crippen molar-refractivity contribution >= 4 is 37.8 Å². The molecule has 1 aromatic heterocycles. The van der Waals surface area contributed by atoms with E-state index in [-0.39, 0.29) is 12.5 Å². The van der Waals surface area contributed by atoms with Gasteiger partial charge in [-0.25, -0.2) is 4.98 Å². The van der Waals surface area contributed by atoms with Crippen LogP contribution in [0.2, 0.25) is 0 Å². The predicted molar refractivity (Wildman–Crippen MR) is 75.6 cm³/mol. The highest BCUT2D eigenvalue weighted by molar-refractivity contribution is 9.11. The lowest BCUT2D eigenvalue weighted by molar-refractivity contribution is -0.123. The van der Waals surface area contributed by atoms with Crippen LogP contribution in [0.3, 0.4) is 0 Å². The molecular formula is C11H10Br2N4O2. The van der Waals surface area contributed by atoms with Crippen molar-refractivity contribution in [2.45, 2.75) is 6.54 Å². The van der Waals surface area contributed by atoms with Crippen LogP contribution in [0.4, 0.5) is 0 Å². The Labute approximate surface area is 126 Å². The van der Waals surface area contributed by atoms with Gasteiger partial charge in [0.05, 0.1) is 11.0 Å². The number of aromatic nitrogens is 3. The Morgan fingerprint density at radius 3 is 2.95 bits per heavy atom. The van der Waals surface area contributed by atoms with Crippen LogP contribution in [-0.2, 0) is 11.3 Å². The van der Waals surface area contributed by atoms with E-state index >= 15 is 0 Å². The van der Waals surface area contributed by atoms with Gasteiger partial charge in [-0.3, -0.25) is 9.89 Å². The van der Waals surface area contributed by atoms with Crippen molar-refractivity contribution in [2.75, 3.05) is 6.61 Å². The predicted octanol–water partition coefficient (Wildman–Crippen LogP) is 2.02. The quantitative estimate of drug-likeness (QED) is 0.819. The Kier molecular flexibility index (Phi) is 4.92. The summed E-state index contributed by atoms with van der Waals surface area (Å²) in [5.74, 6) is 0.974. The molecule has 0 spiro atoms. The number of nitrogens with zero attached hydrogens (tertiary/aromatic N) is 2. The first kappa shape index (κ1) is 14.0. The molecule has 0 fully saturated rings. The van der Waals surface area contributed by atoms with E-state index in [4.69, 9.17) is 4.74 Å². The third kappa shape index (κ3) is 4.32. The van der Waals surface area contributed by atoms with Gasteiger partial charge in [0.15, 0.2) is 6.61 Å². The number of carbonyl (C=O) groups is 1. The molecule has 2 rings (SSSR count). The fourth-order valence-electron chi connectivity index (χ4n) is 1.28. The average Bonchev–Trinajstić information content (AvgIpc) is 2.88. The zero-order chi connectivity index (χ0) is 13.7. The second-order valence-electron chi connectivity index (χ2n) is 3.57. The number of amides is 1. The second kappa shape index (κ2) is 6.67. The number of hydrogen-bond acceptors (Lipinski definition) is 4. The first-order valence-corrected chi connectivity index (χ1v) is 6.92. The van der Waals surface area contributed by atoms with Crippen molar-refractivity contribution in [3.63, 3.8) is 0 Å². The summed E-state index contributed by atoms with van der Waals surface area (Å²) >= 11 is 6.70. The lowest BCUT2D eigenvalue weighted by Gasteiger charge is -2.08. The maximum absolute atomic E-state index is 11.6. The van der Waals surface area contributed by atoms with E-state index in [1.165, 1.54) is 6.33 Å². The Hall–Kier alpha value is -1.41. The lowest BCUT2D eigenvalue weighted by atomic mass is 10.3. The zero-order valence-electron chi connectivity index (χ0n) is 9.69. The average molecular weight is 390 g/mol. The van der Waals surface area contributed by atoms with Crippen molar-refractivity contribution in [1.82, 2.24) is 20.5 Å². The third-order valence-corrected chi connectivity index (χ3v) is 3.28. The summed E-state index contributed by atoms with van der Waals surface area (Å²) in [4.78, 5) is 15.5. The SMILES string of the molecule is O=C(COc1ccc(Br)cc1Br)NCc1ncn[nH]1. The minimum Gasteiger partial charge on any atom is -0.483 e. The van der Waals surface area contributed by atoms with Crippen LogP contribution in [-0.4, -0.2) is 27.7 Å². The maximum atomic E-state index is 11.6. The van der Waals surface area contributed by atoms with E-state index in [1.807, 2.05) is 12.1 Å². The number of hydrogen-bond donors (Lipinski definition) is 2. The molecule has 0 radical (unpaired) electrons. The fourth-order valence-corrected chi connectivity index (χ4v) is 2.45. The molecule has 0 aliphatic carbocycles. The third-order valence-electron chi connectivity index (χ3n) is 2.17. The van der Waals surface area contributed by atoms with Crippen molar-refractivity contribution in [3.05, 3.63) is 39.3 Å². The van der Waals surface area contributed by atoms with Crippen molar-refractivity contribution in [2.24, 2.45) is 0 Å². The van der Waals surface area contributed by atoms with Crippen LogP contribution in [0.5, 0.6) is 5.75 Å². The largest absolute Gasteiger partial charge is 0.483 e. The van der Waals surface area contributed by atoms with Crippen LogP contribution in [0, 0.1) is 0 Å². The molecule has 1 aromatic carbocycles. The van der Waals surface area contributed by atoms with Crippen molar-refractivity contribution in [1.29, 1.82) is 0 Å². The number of carbonyl (C=O) groups excluding carboxylic acids is 1. The molecule has 0 saturated carbocycles. The molecule has 0 atom stereocenters. The first-order chi connectivity index (χ1) is 9.15. The molecule has 100 valence electrons. The number of halogens is 2. The van der Waals surface area contributed by atoms with E-state index in [1.54, 1.807) is 6.07 Å². The summed E-state index contributed by atoms with van der Waals surface area (Å²) in [6.45, 7) is 0.234. The summed E-state index contributed by atoms with van der Waals surface area (Å²) in [6.07, 6.45) is 1.39. The Balaban J connectivity index is 1.80. The van der Waals surface area contributed by atoms with Crippen LogP contribution >= 0.6 is 31.9 Å². The van der Waals surface area contributed by atoms with Crippen LogP contribution in [0.1, 0.15) is 5.82 Å². The Bertz CT molecular complexity index is 560. The molecule has 0 bridgehead atoms. The van der Waals surface area contributed by atoms with Gasteiger partial charge in [-0.1, -0.05) is 15.9 Å². The van der Waals surface area contributed by atoms with Crippen molar-refractivity contribution < 1.29 is 9.53 Å². The molecule has 0 aliphatic heterocycles. The number of benzene rings is 1. The number of aromatic amines is 1. The smallest absolute Gasteiger partial charge is 0.258 e. The first-order valence-electron chi connectivity index (χ1n) is 5.34. The Morgan fingerprint density at radius 1 is 1.42 bits per heavy atom. The lowest BCUT2D eigenvalue weighted by Crippen LogP contribution is -2.28. The van der Waals surface area contributed by atoms with Gasteiger partial charge in [0.1, 0.15) is 17.9 Å². The van der Waals surface area contributed by atoms with E-state index in [9.17, 15) is 4.79 Å². The summed E-state index contributed by atoms with van der Waals surface area (Å²) < 4.78 is 7.11. The van der Waals surface area contributed by atoms with Gasteiger partial charge in [0.25, 0.3) is 5.91 Å². The van der Waals surface area contributed by atoms with E-state index in [2.05, 4.69) is 52.4 Å². The molecule has 6 nitrogen and oxygen atoms in total. The van der Waals surface area contributed by atoms with E-state index in [0.29, 0.717) is 18.1 Å². The molecule has 19 heavy (non-hydrogen) atoms. The molecule has 1 heterocycles. The monoisotopic (exact) mass is 388 g/mol. The number of ether oxygens (including phenoxy) is 1. The van der Waals surface area contributed by atoms with Crippen LogP contribution in [0.25, 0.3) is 0 Å². The second-order valence-corrected chi connectivity index (χ2v) is 5.34. The number of H-pyrrole nitrogens is 1. The van der Waals surface area contributed by atoms with Gasteiger partial charge in [-0.05, 0) is 34.1 Å². The highest BCUT2D eigenvalue weighted by Crippen LogP contribution is 2.27. The highest BCUT2D eigenvalue weighted by Gasteiger charge is 2.06. The summed E-state index contributed by atoms with van der Waals surface area (Å²) in [6, 6.07) is 5.46. The molecule has 2 N–H and O–H groups in total. The summed E-state index contributed by atoms with van der Waals surface area (Å²) in [5.41, 5.74) is 0. The van der Waals surface area contributed by atoms with E-state index < -0.39 is 0 Å². The van der Waals surface area contributed by atoms with Crippen molar-refractivity contribution in [3.8, 4) is 5.75 Å². The van der Waals surface area contributed by atoms with Gasteiger partial charge < -0.3 is 10.1 Å². The van der Waals surface area contributed by atoms with E-state index in [0.717, 1.165) is 8.95 Å². The molecule has 0 unspecified atom stereocenters. The molecule has 0 saturated heterocycles. The van der Waals surface area contributed by atoms with Gasteiger partial charge in [-0.15, -0.1) is 0 Å². The van der Waals surface area contributed by atoms with Crippen LogP contribution in [0.15, 0.2) is 33.5 Å². The number of rotatable bonds is 5. The minimum absolute atomic E-state index is 0.0611. The number of nitrogens with one attached hydrogen (secondary N) is 2. The van der Waals surface area contributed by atoms with Gasteiger partial charge in [0, 0.05) is 4.47 Å². The minimum atomic E-state index is -0.230. The molecule has 8 heteroatoms. The molecular weight excluding hydrogens is 380 g/mol. The normalized spacial score (nSPS) is 10.2. The van der Waals surface area contributed by atoms with Gasteiger partial charge >= 0.3 is 0 Å². The maximum Gasteiger partial charge on any atom is 0.258 e. The topological polar surface area (TPSA) is 79.9 Å². The molecule has 2 aromatic rings. The standard InChI is InChI=1S/C11H10Br2N4O2/c12-7-1-2-9(8(13)3-7)19-5-11(18)14-4-10-15-6-16-17-10/h1-3,6H,4-5H2,(H,14,18)(H,15,16,17).